The van der Waals surface area contributed by atoms with E-state index in [1.54, 1.807) is 31.4 Å². The van der Waals surface area contributed by atoms with E-state index in [9.17, 15) is 4.79 Å². The Balaban J connectivity index is 1.91. The van der Waals surface area contributed by atoms with Crippen LogP contribution in [0, 0.1) is 11.3 Å². The van der Waals surface area contributed by atoms with E-state index in [4.69, 9.17) is 10.00 Å². The van der Waals surface area contributed by atoms with Crippen LogP contribution in [-0.2, 0) is 6.54 Å². The Hall–Kier alpha value is -3.00. The molecule has 0 aliphatic rings. The average molecular weight is 281 g/mol. The van der Waals surface area contributed by atoms with Crippen LogP contribution in [0.15, 0.2) is 48.5 Å². The lowest BCUT2D eigenvalue weighted by molar-refractivity contribution is 0.251. The number of hydrogen-bond donors (Lipinski definition) is 2. The number of carbonyl (C=O) groups excluding carboxylic acids is 1. The average Bonchev–Trinajstić information content (AvgIpc) is 2.54. The van der Waals surface area contributed by atoms with Gasteiger partial charge in [0.05, 0.1) is 18.4 Å². The molecule has 5 heteroatoms. The van der Waals surface area contributed by atoms with Gasteiger partial charge in [-0.3, -0.25) is 0 Å². The van der Waals surface area contributed by atoms with Gasteiger partial charge in [0.15, 0.2) is 0 Å². The first-order valence-electron chi connectivity index (χ1n) is 6.40. The summed E-state index contributed by atoms with van der Waals surface area (Å²) in [6.07, 6.45) is 0. The van der Waals surface area contributed by atoms with Gasteiger partial charge in [0.1, 0.15) is 11.8 Å². The van der Waals surface area contributed by atoms with Crippen LogP contribution in [0.5, 0.6) is 5.75 Å². The van der Waals surface area contributed by atoms with Crippen molar-refractivity contribution in [2.75, 3.05) is 12.4 Å². The van der Waals surface area contributed by atoms with Crippen molar-refractivity contribution in [3.8, 4) is 11.8 Å². The van der Waals surface area contributed by atoms with Crippen molar-refractivity contribution < 1.29 is 9.53 Å². The molecule has 2 aromatic carbocycles. The number of rotatable bonds is 4. The minimum Gasteiger partial charge on any atom is -0.497 e. The zero-order chi connectivity index (χ0) is 15.1. The third kappa shape index (κ3) is 3.98. The fraction of sp³-hybridized carbons (Fsp3) is 0.125. The molecular formula is C16H15N3O2. The molecule has 0 aliphatic heterocycles. The molecular weight excluding hydrogens is 266 g/mol. The van der Waals surface area contributed by atoms with Gasteiger partial charge in [-0.25, -0.2) is 4.79 Å². The van der Waals surface area contributed by atoms with E-state index in [1.165, 1.54) is 0 Å². The quantitative estimate of drug-likeness (QED) is 0.905. The molecule has 0 heterocycles. The van der Waals surface area contributed by atoms with E-state index < -0.39 is 0 Å². The molecule has 2 amide bonds. The molecule has 0 atom stereocenters. The van der Waals surface area contributed by atoms with E-state index in [0.717, 1.165) is 11.3 Å². The second kappa shape index (κ2) is 6.96. The Kier molecular flexibility index (Phi) is 4.78. The summed E-state index contributed by atoms with van der Waals surface area (Å²) in [6, 6.07) is 15.9. The SMILES string of the molecule is COc1ccc(CNC(=O)Nc2ccccc2C#N)cc1. The highest BCUT2D eigenvalue weighted by Crippen LogP contribution is 2.13. The van der Waals surface area contributed by atoms with E-state index in [0.29, 0.717) is 17.8 Å². The first-order chi connectivity index (χ1) is 10.2. The third-order valence-electron chi connectivity index (χ3n) is 2.91. The monoisotopic (exact) mass is 281 g/mol. The van der Waals surface area contributed by atoms with Crippen molar-refractivity contribution in [1.29, 1.82) is 5.26 Å². The molecule has 0 spiro atoms. The van der Waals surface area contributed by atoms with Crippen molar-refractivity contribution >= 4 is 11.7 Å². The Bertz CT molecular complexity index is 660. The fourth-order valence-electron chi connectivity index (χ4n) is 1.78. The first kappa shape index (κ1) is 14.4. The summed E-state index contributed by atoms with van der Waals surface area (Å²) in [7, 11) is 1.60. The molecule has 2 aromatic rings. The molecule has 0 saturated heterocycles. The fourth-order valence-corrected chi connectivity index (χ4v) is 1.78. The standard InChI is InChI=1S/C16H15N3O2/c1-21-14-8-6-12(7-9-14)11-18-16(20)19-15-5-3-2-4-13(15)10-17/h2-9H,11H2,1H3,(H2,18,19,20). The summed E-state index contributed by atoms with van der Waals surface area (Å²) in [5.41, 5.74) is 1.88. The van der Waals surface area contributed by atoms with Crippen LogP contribution >= 0.6 is 0 Å². The lowest BCUT2D eigenvalue weighted by atomic mass is 10.2. The number of anilines is 1. The molecule has 106 valence electrons. The van der Waals surface area contributed by atoms with Crippen LogP contribution in [0.2, 0.25) is 0 Å². The molecule has 21 heavy (non-hydrogen) atoms. The Labute approximate surface area is 123 Å². The topological polar surface area (TPSA) is 74.2 Å². The van der Waals surface area contributed by atoms with Crippen LogP contribution in [0.25, 0.3) is 0 Å². The number of ether oxygens (including phenoxy) is 1. The summed E-state index contributed by atoms with van der Waals surface area (Å²) in [4.78, 5) is 11.8. The molecule has 0 radical (unpaired) electrons. The number of nitrogens with zero attached hydrogens (tertiary/aromatic N) is 1. The van der Waals surface area contributed by atoms with E-state index >= 15 is 0 Å². The Morgan fingerprint density at radius 2 is 1.90 bits per heavy atom. The summed E-state index contributed by atoms with van der Waals surface area (Å²) in [5.74, 6) is 0.770. The molecule has 2 rings (SSSR count). The minimum absolute atomic E-state index is 0.353. The van der Waals surface area contributed by atoms with Crippen LogP contribution < -0.4 is 15.4 Å². The summed E-state index contributed by atoms with van der Waals surface area (Å²) < 4.78 is 5.07. The van der Waals surface area contributed by atoms with E-state index in [1.807, 2.05) is 30.3 Å². The van der Waals surface area contributed by atoms with Gasteiger partial charge in [0.25, 0.3) is 0 Å². The van der Waals surface area contributed by atoms with Gasteiger partial charge < -0.3 is 15.4 Å². The Morgan fingerprint density at radius 3 is 2.57 bits per heavy atom. The molecule has 2 N–H and O–H groups in total. The van der Waals surface area contributed by atoms with Crippen LogP contribution in [0.1, 0.15) is 11.1 Å². The molecule has 0 bridgehead atoms. The largest absolute Gasteiger partial charge is 0.497 e. The first-order valence-corrected chi connectivity index (χ1v) is 6.40. The Morgan fingerprint density at radius 1 is 1.19 bits per heavy atom. The third-order valence-corrected chi connectivity index (χ3v) is 2.91. The van der Waals surface area contributed by atoms with Crippen LogP contribution in [0.4, 0.5) is 10.5 Å². The van der Waals surface area contributed by atoms with Gasteiger partial charge in [-0.1, -0.05) is 24.3 Å². The molecule has 0 fully saturated rings. The minimum atomic E-state index is -0.353. The molecule has 0 aromatic heterocycles. The zero-order valence-corrected chi connectivity index (χ0v) is 11.6. The predicted octanol–water partition coefficient (Wildman–Crippen LogP) is 2.89. The highest BCUT2D eigenvalue weighted by Gasteiger charge is 2.05. The van der Waals surface area contributed by atoms with E-state index in [2.05, 4.69) is 10.6 Å². The van der Waals surface area contributed by atoms with Crippen molar-refractivity contribution in [2.24, 2.45) is 0 Å². The summed E-state index contributed by atoms with van der Waals surface area (Å²) in [6.45, 7) is 0.393. The number of carbonyl (C=O) groups is 1. The lowest BCUT2D eigenvalue weighted by Gasteiger charge is -2.09. The number of nitrogens with one attached hydrogen (secondary N) is 2. The molecule has 5 nitrogen and oxygen atoms in total. The zero-order valence-electron chi connectivity index (χ0n) is 11.6. The van der Waals surface area contributed by atoms with Gasteiger partial charge in [-0.05, 0) is 29.8 Å². The smallest absolute Gasteiger partial charge is 0.319 e. The van der Waals surface area contributed by atoms with Gasteiger partial charge >= 0.3 is 6.03 Å². The van der Waals surface area contributed by atoms with Crippen LogP contribution in [-0.4, -0.2) is 13.1 Å². The molecule has 0 aliphatic carbocycles. The maximum atomic E-state index is 11.8. The molecule has 0 saturated carbocycles. The maximum absolute atomic E-state index is 11.8. The summed E-state index contributed by atoms with van der Waals surface area (Å²) >= 11 is 0. The number of benzene rings is 2. The number of hydrogen-bond acceptors (Lipinski definition) is 3. The maximum Gasteiger partial charge on any atom is 0.319 e. The van der Waals surface area contributed by atoms with Gasteiger partial charge in [0.2, 0.25) is 0 Å². The number of para-hydroxylation sites is 1. The van der Waals surface area contributed by atoms with Crippen molar-refractivity contribution in [2.45, 2.75) is 6.54 Å². The van der Waals surface area contributed by atoms with Gasteiger partial charge in [-0.15, -0.1) is 0 Å². The van der Waals surface area contributed by atoms with Crippen molar-refractivity contribution in [3.05, 3.63) is 59.7 Å². The molecule has 0 unspecified atom stereocenters. The van der Waals surface area contributed by atoms with E-state index in [-0.39, 0.29) is 6.03 Å². The highest BCUT2D eigenvalue weighted by atomic mass is 16.5. The lowest BCUT2D eigenvalue weighted by Crippen LogP contribution is -2.28. The summed E-state index contributed by atoms with van der Waals surface area (Å²) in [5, 5.41) is 14.3. The second-order valence-corrected chi connectivity index (χ2v) is 4.31. The number of amides is 2. The normalized spacial score (nSPS) is 9.52. The number of methoxy groups -OCH3 is 1. The van der Waals surface area contributed by atoms with Gasteiger partial charge in [0, 0.05) is 6.54 Å². The van der Waals surface area contributed by atoms with Gasteiger partial charge in [-0.2, -0.15) is 5.26 Å². The van der Waals surface area contributed by atoms with Crippen molar-refractivity contribution in [3.63, 3.8) is 0 Å². The van der Waals surface area contributed by atoms with Crippen LogP contribution in [0.3, 0.4) is 0 Å². The predicted molar refractivity (Wildman–Crippen MR) is 80.0 cm³/mol. The number of nitriles is 1. The second-order valence-electron chi connectivity index (χ2n) is 4.31. The van der Waals surface area contributed by atoms with Crippen molar-refractivity contribution in [1.82, 2.24) is 5.32 Å². The highest BCUT2D eigenvalue weighted by molar-refractivity contribution is 5.90. The number of urea groups is 1.